The van der Waals surface area contributed by atoms with E-state index in [1.54, 1.807) is 86.6 Å². The fourth-order valence-corrected chi connectivity index (χ4v) is 12.1. The van der Waals surface area contributed by atoms with Crippen molar-refractivity contribution in [3.05, 3.63) is 119 Å². The number of nitrogens with two attached hydrogens (primary N) is 6. The number of hydrogen-bond donors (Lipinski definition) is 29. The molecule has 35 N–H and O–H groups in total. The molecule has 4 aromatic rings. The number of guanidine groups is 5. The van der Waals surface area contributed by atoms with Crippen LogP contribution in [0.15, 0.2) is 97.1 Å². The number of aliphatic hydroxyl groups excluding tert-OH is 2. The molecule has 0 radical (unpaired) electrons. The van der Waals surface area contributed by atoms with Gasteiger partial charge in [0.2, 0.25) is 59.1 Å². The van der Waals surface area contributed by atoms with Crippen molar-refractivity contribution in [3.63, 3.8) is 0 Å². The number of carbonyl (C=O) groups is 10. The zero-order valence-electron chi connectivity index (χ0n) is 66.9. The van der Waals surface area contributed by atoms with Crippen LogP contribution in [0.25, 0.3) is 0 Å². The van der Waals surface area contributed by atoms with Crippen LogP contribution in [0, 0.1) is 33.0 Å². The first-order valence-corrected chi connectivity index (χ1v) is 38.3. The summed E-state index contributed by atoms with van der Waals surface area (Å²) in [6, 6.07) is 10.0. The molecule has 42 heteroatoms. The summed E-state index contributed by atoms with van der Waals surface area (Å²) < 4.78 is 16.7. The second-order valence-electron chi connectivity index (χ2n) is 28.0. The number of amides is 10. The van der Waals surface area contributed by atoms with Gasteiger partial charge in [0.1, 0.15) is 77.4 Å². The van der Waals surface area contributed by atoms with E-state index in [9.17, 15) is 58.5 Å². The standard InChI is InChI=1S/C76H118N26O16/c1-42(2)36-56(99-67(111)54(20-13-35-92-76(86)87)94-63(107)50(16-9-31-88-72(78)79)93-61(45-23-27-47(116-3)28-24-45)49-30-29-48(117-4)39-60(49)118-5)68(112)101-59(41-104)71(115)100-57(38-44-21-25-46(105)26-22-44)69(113)102-58(40-103)70(114)97-52(18-11-33-90-74(82)83)65(109)95-51(17-10-32-89-73(80)81)64(108)96-53(19-12-34-91-75(84)85)66(110)98-55(62(77)106)37-43-14-7-6-8-15-43/h6-8,14-15,21-30,39,42,50-59,61,93,103-105H,9-13,16-20,31-38,40-41H2,1-5H3,(H2,77,106)(H,94,107)(H,95,109)(H,96,108)(H,97,114)(H,98,110)(H,99,111)(H,100,115)(H,101,112)(H,102,113)(H4,78,79,88)(H4,80,81,89)(H4,82,83,90)(H4,84,85,91)(H4,86,87,92)/t50-,51-,52-,53-,54-,55-,56-,57-,58-,59-,61?/m0/s1. The number of benzene rings is 4. The van der Waals surface area contributed by atoms with Crippen molar-refractivity contribution >= 4 is 88.9 Å². The largest absolute Gasteiger partial charge is 0.508 e. The van der Waals surface area contributed by atoms with Gasteiger partial charge in [0.25, 0.3) is 0 Å². The van der Waals surface area contributed by atoms with E-state index in [2.05, 4.69) is 79.8 Å². The molecular formula is C76H118N26O16. The molecule has 118 heavy (non-hydrogen) atoms. The Hall–Kier alpha value is -13.0. The number of aromatic hydroxyl groups is 1. The highest BCUT2D eigenvalue weighted by Gasteiger charge is 2.37. The highest BCUT2D eigenvalue weighted by molar-refractivity contribution is 5.99. The van der Waals surface area contributed by atoms with Gasteiger partial charge >= 0.3 is 0 Å². The summed E-state index contributed by atoms with van der Waals surface area (Å²) in [7, 11) is 4.48. The minimum atomic E-state index is -1.93. The minimum absolute atomic E-state index is 0.00148. The number of hydrogen-bond acceptors (Lipinski definition) is 22. The molecule has 0 bridgehead atoms. The van der Waals surface area contributed by atoms with Crippen LogP contribution in [0.3, 0.4) is 0 Å². The van der Waals surface area contributed by atoms with Crippen molar-refractivity contribution < 1.29 is 77.5 Å². The lowest BCUT2D eigenvalue weighted by Crippen LogP contribution is -2.62. The van der Waals surface area contributed by atoms with E-state index >= 15 is 4.79 Å². The third-order valence-corrected chi connectivity index (χ3v) is 18.3. The molecule has 4 aromatic carbocycles. The predicted octanol–water partition coefficient (Wildman–Crippen LogP) is -4.85. The van der Waals surface area contributed by atoms with E-state index in [1.165, 1.54) is 45.6 Å². The number of carbonyl (C=O) groups excluding carboxylic acids is 10. The molecular weight excluding hydrogens is 1530 g/mol. The summed E-state index contributed by atoms with van der Waals surface area (Å²) in [5, 5.41) is 110. The maximum absolute atomic E-state index is 15.0. The number of nitrogens with one attached hydrogen (secondary N) is 20. The van der Waals surface area contributed by atoms with Gasteiger partial charge in [-0.15, -0.1) is 0 Å². The molecule has 0 saturated carbocycles. The van der Waals surface area contributed by atoms with Crippen molar-refractivity contribution in [2.24, 2.45) is 40.3 Å². The molecule has 0 aliphatic rings. The van der Waals surface area contributed by atoms with E-state index < -0.39 is 157 Å². The molecule has 42 nitrogen and oxygen atoms in total. The fraction of sp³-hybridized carbons (Fsp3) is 0.487. The van der Waals surface area contributed by atoms with Gasteiger partial charge < -0.3 is 138 Å². The van der Waals surface area contributed by atoms with Crippen LogP contribution in [0.2, 0.25) is 0 Å². The lowest BCUT2D eigenvalue weighted by Gasteiger charge is -2.30. The summed E-state index contributed by atoms with van der Waals surface area (Å²) in [4.78, 5) is 144. The number of rotatable bonds is 54. The Morgan fingerprint density at radius 3 is 1.07 bits per heavy atom. The smallest absolute Gasteiger partial charge is 0.245 e. The van der Waals surface area contributed by atoms with Crippen LogP contribution in [0.4, 0.5) is 0 Å². The average molecular weight is 1650 g/mol. The average Bonchev–Trinajstić information content (AvgIpc) is 0.802. The molecule has 11 atom stereocenters. The topological polar surface area (TPSA) is 715 Å². The zero-order valence-corrected chi connectivity index (χ0v) is 66.9. The molecule has 10 amide bonds. The molecule has 0 aliphatic heterocycles. The third kappa shape index (κ3) is 35.8. The number of methoxy groups -OCH3 is 3. The van der Waals surface area contributed by atoms with Gasteiger partial charge in [-0.05, 0) is 130 Å². The molecule has 0 saturated heterocycles. The number of phenolic OH excluding ortho intramolecular Hbond substituents is 1. The highest BCUT2D eigenvalue weighted by Crippen LogP contribution is 2.35. The maximum Gasteiger partial charge on any atom is 0.245 e. The molecule has 4 rings (SSSR count). The molecule has 0 heterocycles. The lowest BCUT2D eigenvalue weighted by atomic mass is 9.95. The fourth-order valence-electron chi connectivity index (χ4n) is 12.1. The molecule has 0 aliphatic carbocycles. The Labute approximate surface area is 684 Å². The van der Waals surface area contributed by atoms with E-state index in [4.69, 9.17) is 75.7 Å². The minimum Gasteiger partial charge on any atom is -0.508 e. The second kappa shape index (κ2) is 51.8. The Morgan fingerprint density at radius 1 is 0.373 bits per heavy atom. The molecule has 1 unspecified atom stereocenters. The number of aliphatic hydroxyl groups is 2. The van der Waals surface area contributed by atoms with Gasteiger partial charge in [-0.1, -0.05) is 68.4 Å². The van der Waals surface area contributed by atoms with Crippen LogP contribution < -0.4 is 128 Å². The van der Waals surface area contributed by atoms with Gasteiger partial charge in [0.15, 0.2) is 29.8 Å². The SMILES string of the molecule is COc1ccc(C(N[C@@H](CCCNC(=N)N)C(=O)N[C@@H](CCCNC(=N)N)C(=O)N[C@@H](CC(C)C)C(=O)N[C@@H](CO)C(=O)N[C@@H](Cc2ccc(O)cc2)C(=O)N[C@@H](CO)C(=O)N[C@@H](CCCNC(=N)N)C(=O)N[C@@H](CCCNC(=N)N)C(=O)N[C@@H](CCCNC(=N)N)C(=O)N[C@@H](Cc2ccccc2)C(N)=O)c2ccc(OC)cc2OC)cc1. The Morgan fingerprint density at radius 2 is 0.695 bits per heavy atom. The van der Waals surface area contributed by atoms with Crippen LogP contribution in [0.1, 0.15) is 113 Å². The summed E-state index contributed by atoms with van der Waals surface area (Å²) in [6.07, 6.45) is -0.520. The molecule has 648 valence electrons. The van der Waals surface area contributed by atoms with Crippen LogP contribution in [0.5, 0.6) is 23.0 Å². The predicted molar refractivity (Wildman–Crippen MR) is 439 cm³/mol. The summed E-state index contributed by atoms with van der Waals surface area (Å²) >= 11 is 0. The van der Waals surface area contributed by atoms with E-state index in [0.717, 1.165) is 0 Å². The Kier molecular flexibility index (Phi) is 42.7. The van der Waals surface area contributed by atoms with Crippen LogP contribution >= 0.6 is 0 Å². The third-order valence-electron chi connectivity index (χ3n) is 18.3. The van der Waals surface area contributed by atoms with Crippen molar-refractivity contribution in [1.82, 2.24) is 79.8 Å². The van der Waals surface area contributed by atoms with Crippen LogP contribution in [-0.2, 0) is 60.8 Å². The lowest BCUT2D eigenvalue weighted by molar-refractivity contribution is -0.137. The van der Waals surface area contributed by atoms with Crippen molar-refractivity contribution in [2.45, 2.75) is 164 Å². The summed E-state index contributed by atoms with van der Waals surface area (Å²) in [5.41, 5.74) is 35.7. The van der Waals surface area contributed by atoms with Crippen molar-refractivity contribution in [2.75, 3.05) is 67.3 Å². The molecule has 0 fully saturated rings. The van der Waals surface area contributed by atoms with Crippen LogP contribution in [-0.4, -0.2) is 232 Å². The first-order valence-electron chi connectivity index (χ1n) is 38.3. The van der Waals surface area contributed by atoms with Gasteiger partial charge in [-0.3, -0.25) is 80.3 Å². The van der Waals surface area contributed by atoms with E-state index in [0.29, 0.717) is 39.5 Å². The van der Waals surface area contributed by atoms with Gasteiger partial charge in [-0.2, -0.15) is 0 Å². The van der Waals surface area contributed by atoms with Gasteiger partial charge in [0.05, 0.1) is 46.6 Å². The van der Waals surface area contributed by atoms with Crippen molar-refractivity contribution in [1.29, 1.82) is 27.0 Å². The first-order chi connectivity index (χ1) is 56.2. The number of ether oxygens (including phenoxy) is 3. The second-order valence-corrected chi connectivity index (χ2v) is 28.0. The quantitative estimate of drug-likeness (QED) is 0.0112. The Balaban J connectivity index is 1.66. The number of primary amides is 1. The zero-order chi connectivity index (χ0) is 87.4. The Bertz CT molecular complexity index is 3980. The maximum atomic E-state index is 15.0. The summed E-state index contributed by atoms with van der Waals surface area (Å²) in [6.45, 7) is 1.48. The number of phenols is 1. The van der Waals surface area contributed by atoms with E-state index in [1.807, 2.05) is 0 Å². The van der Waals surface area contributed by atoms with Gasteiger partial charge in [0, 0.05) is 57.2 Å². The van der Waals surface area contributed by atoms with Gasteiger partial charge in [-0.25, -0.2) is 0 Å². The van der Waals surface area contributed by atoms with E-state index in [-0.39, 0.29) is 139 Å². The normalized spacial score (nSPS) is 13.7. The molecule has 0 aromatic heterocycles. The summed E-state index contributed by atoms with van der Waals surface area (Å²) in [5.74, 6) is -10.8. The highest BCUT2D eigenvalue weighted by atomic mass is 16.5. The first kappa shape index (κ1) is 97.4. The monoisotopic (exact) mass is 1650 g/mol. The molecule has 0 spiro atoms. The van der Waals surface area contributed by atoms with Crippen molar-refractivity contribution in [3.8, 4) is 23.0 Å².